The molecular formula is C6H8N3O. The maximum absolute atomic E-state index is 5.45. The van der Waals surface area contributed by atoms with E-state index in [1.807, 2.05) is 6.92 Å². The predicted octanol–water partition coefficient (Wildman–Crippen LogP) is 0.258. The van der Waals surface area contributed by atoms with E-state index >= 15 is 0 Å². The van der Waals surface area contributed by atoms with Crippen LogP contribution in [0.4, 0.5) is 5.69 Å². The van der Waals surface area contributed by atoms with Gasteiger partial charge in [0, 0.05) is 0 Å². The van der Waals surface area contributed by atoms with Crippen LogP contribution < -0.4 is 10.5 Å². The molecule has 0 aliphatic heterocycles. The summed E-state index contributed by atoms with van der Waals surface area (Å²) in [5.74, 6) is 0.376. The molecule has 0 fully saturated rings. The lowest BCUT2D eigenvalue weighted by Gasteiger charge is -2.01. The molecule has 0 aliphatic rings. The third kappa shape index (κ3) is 1.34. The molecule has 1 rings (SSSR count). The maximum Gasteiger partial charge on any atom is 0.256 e. The molecule has 2 N–H and O–H groups in total. The van der Waals surface area contributed by atoms with Crippen molar-refractivity contribution in [3.63, 3.8) is 0 Å². The summed E-state index contributed by atoms with van der Waals surface area (Å²) in [6.07, 6.45) is 2.49. The SMILES string of the molecule is CCOc1nn[c]cc1N. The molecule has 0 saturated carbocycles. The molecule has 1 aromatic heterocycles. The van der Waals surface area contributed by atoms with E-state index in [0.717, 1.165) is 0 Å². The summed E-state index contributed by atoms with van der Waals surface area (Å²) < 4.78 is 5.02. The van der Waals surface area contributed by atoms with E-state index in [0.29, 0.717) is 18.2 Å². The van der Waals surface area contributed by atoms with Crippen LogP contribution in [0.5, 0.6) is 5.88 Å². The lowest BCUT2D eigenvalue weighted by molar-refractivity contribution is 0.324. The molecule has 0 bridgehead atoms. The highest BCUT2D eigenvalue weighted by Gasteiger charge is 1.97. The van der Waals surface area contributed by atoms with Crippen LogP contribution in [0.25, 0.3) is 0 Å². The van der Waals surface area contributed by atoms with Gasteiger partial charge in [-0.1, -0.05) is 0 Å². The Morgan fingerprint density at radius 3 is 3.20 bits per heavy atom. The minimum atomic E-state index is 0.376. The third-order valence-corrected chi connectivity index (χ3v) is 0.947. The number of rotatable bonds is 2. The Balaban J connectivity index is 2.81. The number of aromatic nitrogens is 2. The highest BCUT2D eigenvalue weighted by atomic mass is 16.5. The molecule has 1 heterocycles. The van der Waals surface area contributed by atoms with Crippen molar-refractivity contribution < 1.29 is 4.74 Å². The fourth-order valence-corrected chi connectivity index (χ4v) is 0.541. The van der Waals surface area contributed by atoms with Gasteiger partial charge in [0.2, 0.25) is 0 Å². The minimum Gasteiger partial charge on any atom is -0.475 e. The van der Waals surface area contributed by atoms with Gasteiger partial charge in [0.05, 0.1) is 12.3 Å². The van der Waals surface area contributed by atoms with Gasteiger partial charge in [0.15, 0.2) is 0 Å². The summed E-state index contributed by atoms with van der Waals surface area (Å²) in [5.41, 5.74) is 5.92. The third-order valence-electron chi connectivity index (χ3n) is 0.947. The second kappa shape index (κ2) is 3.00. The molecule has 0 unspecified atom stereocenters. The average Bonchev–Trinajstić information content (AvgIpc) is 1.94. The van der Waals surface area contributed by atoms with Crippen molar-refractivity contribution in [3.05, 3.63) is 12.3 Å². The first-order valence-corrected chi connectivity index (χ1v) is 2.96. The Kier molecular flexibility index (Phi) is 2.04. The summed E-state index contributed by atoms with van der Waals surface area (Å²) >= 11 is 0. The Bertz CT molecular complexity index is 214. The van der Waals surface area contributed by atoms with Crippen molar-refractivity contribution in [2.45, 2.75) is 6.92 Å². The molecule has 0 aromatic carbocycles. The average molecular weight is 138 g/mol. The van der Waals surface area contributed by atoms with Gasteiger partial charge < -0.3 is 10.5 Å². The Morgan fingerprint density at radius 1 is 1.80 bits per heavy atom. The highest BCUT2D eigenvalue weighted by molar-refractivity contribution is 5.45. The van der Waals surface area contributed by atoms with Gasteiger partial charge in [-0.25, -0.2) is 0 Å². The van der Waals surface area contributed by atoms with Crippen molar-refractivity contribution in [3.8, 4) is 5.88 Å². The predicted molar refractivity (Wildman–Crippen MR) is 36.4 cm³/mol. The number of nitrogen functional groups attached to an aromatic ring is 1. The van der Waals surface area contributed by atoms with E-state index in [1.54, 1.807) is 0 Å². The normalized spacial score (nSPS) is 9.30. The van der Waals surface area contributed by atoms with Crippen LogP contribution >= 0.6 is 0 Å². The number of nitrogens with two attached hydrogens (primary N) is 1. The van der Waals surface area contributed by atoms with Gasteiger partial charge in [-0.3, -0.25) is 0 Å². The van der Waals surface area contributed by atoms with E-state index in [9.17, 15) is 0 Å². The minimum absolute atomic E-state index is 0.376. The summed E-state index contributed by atoms with van der Waals surface area (Å²) in [6, 6.07) is 1.53. The van der Waals surface area contributed by atoms with Crippen LogP contribution in [0.3, 0.4) is 0 Å². The van der Waals surface area contributed by atoms with E-state index in [1.165, 1.54) is 6.07 Å². The number of anilines is 1. The van der Waals surface area contributed by atoms with Gasteiger partial charge in [-0.15, -0.1) is 10.2 Å². The van der Waals surface area contributed by atoms with Gasteiger partial charge >= 0.3 is 0 Å². The van der Waals surface area contributed by atoms with E-state index < -0.39 is 0 Å². The van der Waals surface area contributed by atoms with Crippen molar-refractivity contribution >= 4 is 5.69 Å². The second-order valence-electron chi connectivity index (χ2n) is 1.67. The zero-order chi connectivity index (χ0) is 7.40. The van der Waals surface area contributed by atoms with Gasteiger partial charge in [-0.2, -0.15) is 0 Å². The van der Waals surface area contributed by atoms with Crippen molar-refractivity contribution in [2.24, 2.45) is 0 Å². The number of hydrogen-bond acceptors (Lipinski definition) is 4. The van der Waals surface area contributed by atoms with Crippen molar-refractivity contribution in [1.82, 2.24) is 10.2 Å². The van der Waals surface area contributed by atoms with Gasteiger partial charge in [0.1, 0.15) is 6.20 Å². The van der Waals surface area contributed by atoms with E-state index in [-0.39, 0.29) is 0 Å². The van der Waals surface area contributed by atoms with E-state index in [4.69, 9.17) is 10.5 Å². The molecule has 0 spiro atoms. The summed E-state index contributed by atoms with van der Waals surface area (Å²) in [4.78, 5) is 0. The summed E-state index contributed by atoms with van der Waals surface area (Å²) in [5, 5.41) is 7.10. The Morgan fingerprint density at radius 2 is 2.60 bits per heavy atom. The molecule has 1 aromatic rings. The lowest BCUT2D eigenvalue weighted by Crippen LogP contribution is -1.99. The molecule has 0 aliphatic carbocycles. The van der Waals surface area contributed by atoms with Crippen LogP contribution in [0.15, 0.2) is 6.07 Å². The zero-order valence-corrected chi connectivity index (χ0v) is 5.66. The fourth-order valence-electron chi connectivity index (χ4n) is 0.541. The first kappa shape index (κ1) is 6.80. The monoisotopic (exact) mass is 138 g/mol. The van der Waals surface area contributed by atoms with Crippen LogP contribution in [0, 0.1) is 6.20 Å². The first-order valence-electron chi connectivity index (χ1n) is 2.96. The van der Waals surface area contributed by atoms with Crippen LogP contribution in [-0.4, -0.2) is 16.8 Å². The number of nitrogens with zero attached hydrogens (tertiary/aromatic N) is 2. The maximum atomic E-state index is 5.45. The van der Waals surface area contributed by atoms with Gasteiger partial charge in [-0.05, 0) is 13.0 Å². The van der Waals surface area contributed by atoms with Crippen molar-refractivity contribution in [2.75, 3.05) is 12.3 Å². The van der Waals surface area contributed by atoms with Crippen molar-refractivity contribution in [1.29, 1.82) is 0 Å². The smallest absolute Gasteiger partial charge is 0.256 e. The first-order chi connectivity index (χ1) is 4.84. The zero-order valence-electron chi connectivity index (χ0n) is 5.66. The molecule has 4 nitrogen and oxygen atoms in total. The molecule has 0 amide bonds. The topological polar surface area (TPSA) is 61.0 Å². The molecule has 4 heteroatoms. The lowest BCUT2D eigenvalue weighted by atomic mass is 10.5. The Hall–Kier alpha value is -1.32. The molecule has 10 heavy (non-hydrogen) atoms. The molecule has 0 atom stereocenters. The number of hydrogen-bond donors (Lipinski definition) is 1. The van der Waals surface area contributed by atoms with Crippen LogP contribution in [0.2, 0.25) is 0 Å². The second-order valence-corrected chi connectivity index (χ2v) is 1.67. The van der Waals surface area contributed by atoms with Gasteiger partial charge in [0.25, 0.3) is 5.88 Å². The summed E-state index contributed by atoms with van der Waals surface area (Å²) in [7, 11) is 0. The standard InChI is InChI=1S/C6H8N3O/c1-2-10-6-5(7)3-4-8-9-6/h3H,2H2,1H3,(H2,7,8). The van der Waals surface area contributed by atoms with Crippen LogP contribution in [0.1, 0.15) is 6.92 Å². The molecular weight excluding hydrogens is 130 g/mol. The molecule has 0 saturated heterocycles. The highest BCUT2D eigenvalue weighted by Crippen LogP contribution is 2.13. The van der Waals surface area contributed by atoms with Crippen LogP contribution in [-0.2, 0) is 0 Å². The Labute approximate surface area is 59.0 Å². The number of ether oxygens (including phenoxy) is 1. The summed E-state index contributed by atoms with van der Waals surface area (Å²) in [6.45, 7) is 2.40. The fraction of sp³-hybridized carbons (Fsp3) is 0.333. The largest absolute Gasteiger partial charge is 0.475 e. The molecule has 1 radical (unpaired) electrons. The quantitative estimate of drug-likeness (QED) is 0.636. The molecule has 53 valence electrons. The van der Waals surface area contributed by atoms with E-state index in [2.05, 4.69) is 16.4 Å².